The summed E-state index contributed by atoms with van der Waals surface area (Å²) in [5, 5.41) is 7.85. The van der Waals surface area contributed by atoms with E-state index in [0.717, 1.165) is 5.69 Å². The first-order valence-electron chi connectivity index (χ1n) is 7.47. The molecule has 1 aromatic heterocycles. The number of nitrogens with one attached hydrogen (secondary N) is 1. The monoisotopic (exact) mass is 279 g/mol. The van der Waals surface area contributed by atoms with Gasteiger partial charge in [-0.05, 0) is 24.8 Å². The van der Waals surface area contributed by atoms with Crippen LogP contribution in [0.1, 0.15) is 51.3 Å². The SMILES string of the molecule is COC(=O)C(NCc1ccn(C2CCCC2)n1)C(C)C. The number of aromatic nitrogens is 2. The standard InChI is InChI=1S/C15H25N3O2/c1-11(2)14(15(19)20-3)16-10-12-8-9-18(17-12)13-6-4-5-7-13/h8-9,11,13-14,16H,4-7,10H2,1-3H3. The van der Waals surface area contributed by atoms with Crippen molar-refractivity contribution < 1.29 is 9.53 Å². The molecule has 1 aliphatic rings. The zero-order valence-corrected chi connectivity index (χ0v) is 12.6. The van der Waals surface area contributed by atoms with Crippen LogP contribution < -0.4 is 5.32 Å². The molecule has 5 heteroatoms. The van der Waals surface area contributed by atoms with Gasteiger partial charge in [0.05, 0.1) is 18.8 Å². The lowest BCUT2D eigenvalue weighted by Crippen LogP contribution is -2.41. The number of nitrogens with zero attached hydrogens (tertiary/aromatic N) is 2. The third kappa shape index (κ3) is 3.60. The van der Waals surface area contributed by atoms with Gasteiger partial charge in [0, 0.05) is 12.7 Å². The van der Waals surface area contributed by atoms with Crippen LogP contribution in [0.5, 0.6) is 0 Å². The maximum atomic E-state index is 11.7. The summed E-state index contributed by atoms with van der Waals surface area (Å²) in [5.41, 5.74) is 0.978. The lowest BCUT2D eigenvalue weighted by molar-refractivity contribution is -0.144. The average molecular weight is 279 g/mol. The molecule has 20 heavy (non-hydrogen) atoms. The van der Waals surface area contributed by atoms with Crippen LogP contribution in [0, 0.1) is 5.92 Å². The van der Waals surface area contributed by atoms with Crippen LogP contribution in [0.3, 0.4) is 0 Å². The van der Waals surface area contributed by atoms with Crippen LogP contribution in [0.2, 0.25) is 0 Å². The lowest BCUT2D eigenvalue weighted by atomic mass is 10.0. The Bertz CT molecular complexity index is 436. The van der Waals surface area contributed by atoms with E-state index in [9.17, 15) is 4.79 Å². The predicted octanol–water partition coefficient (Wildman–Crippen LogP) is 2.29. The molecule has 0 saturated heterocycles. The summed E-state index contributed by atoms with van der Waals surface area (Å²) in [6.07, 6.45) is 7.11. The number of hydrogen-bond donors (Lipinski definition) is 1. The molecule has 0 aromatic carbocycles. The Morgan fingerprint density at radius 2 is 2.20 bits per heavy atom. The van der Waals surface area contributed by atoms with Gasteiger partial charge in [-0.3, -0.25) is 14.8 Å². The third-order valence-electron chi connectivity index (χ3n) is 3.99. The lowest BCUT2D eigenvalue weighted by Gasteiger charge is -2.19. The third-order valence-corrected chi connectivity index (χ3v) is 3.99. The largest absolute Gasteiger partial charge is 0.468 e. The molecule has 0 bridgehead atoms. The van der Waals surface area contributed by atoms with Crippen molar-refractivity contribution in [2.45, 2.75) is 58.2 Å². The van der Waals surface area contributed by atoms with Crippen molar-refractivity contribution in [3.63, 3.8) is 0 Å². The second kappa shape index (κ2) is 6.88. The highest BCUT2D eigenvalue weighted by molar-refractivity contribution is 5.75. The van der Waals surface area contributed by atoms with Crippen LogP contribution in [-0.4, -0.2) is 28.9 Å². The predicted molar refractivity (Wildman–Crippen MR) is 77.2 cm³/mol. The topological polar surface area (TPSA) is 56.1 Å². The summed E-state index contributed by atoms with van der Waals surface area (Å²) >= 11 is 0. The smallest absolute Gasteiger partial charge is 0.323 e. The van der Waals surface area contributed by atoms with E-state index < -0.39 is 0 Å². The zero-order chi connectivity index (χ0) is 14.5. The molecule has 1 N–H and O–H groups in total. The number of carbonyl (C=O) groups excluding carboxylic acids is 1. The maximum Gasteiger partial charge on any atom is 0.323 e. The van der Waals surface area contributed by atoms with Crippen molar-refractivity contribution in [3.05, 3.63) is 18.0 Å². The van der Waals surface area contributed by atoms with E-state index in [1.807, 2.05) is 19.9 Å². The maximum absolute atomic E-state index is 11.7. The highest BCUT2D eigenvalue weighted by Crippen LogP contribution is 2.28. The first-order chi connectivity index (χ1) is 9.61. The van der Waals surface area contributed by atoms with Crippen molar-refractivity contribution in [3.8, 4) is 0 Å². The minimum Gasteiger partial charge on any atom is -0.468 e. The number of hydrogen-bond acceptors (Lipinski definition) is 4. The normalized spacial score (nSPS) is 17.6. The first kappa shape index (κ1) is 15.0. The van der Waals surface area contributed by atoms with E-state index in [0.29, 0.717) is 12.6 Å². The van der Waals surface area contributed by atoms with E-state index in [4.69, 9.17) is 4.74 Å². The summed E-state index contributed by atoms with van der Waals surface area (Å²) in [7, 11) is 1.42. The molecule has 1 aliphatic carbocycles. The summed E-state index contributed by atoms with van der Waals surface area (Å²) < 4.78 is 6.90. The van der Waals surface area contributed by atoms with E-state index >= 15 is 0 Å². The van der Waals surface area contributed by atoms with Gasteiger partial charge in [0.2, 0.25) is 0 Å². The molecule has 0 aliphatic heterocycles. The fourth-order valence-corrected chi connectivity index (χ4v) is 2.78. The Morgan fingerprint density at radius 3 is 2.80 bits per heavy atom. The van der Waals surface area contributed by atoms with Gasteiger partial charge in [0.15, 0.2) is 0 Å². The van der Waals surface area contributed by atoms with Crippen LogP contribution in [0.25, 0.3) is 0 Å². The molecule has 5 nitrogen and oxygen atoms in total. The van der Waals surface area contributed by atoms with Crippen molar-refractivity contribution >= 4 is 5.97 Å². The number of carbonyl (C=O) groups is 1. The summed E-state index contributed by atoms with van der Waals surface area (Å²) in [6, 6.07) is 2.31. The molecule has 112 valence electrons. The van der Waals surface area contributed by atoms with Crippen LogP contribution in [0.4, 0.5) is 0 Å². The Balaban J connectivity index is 1.91. The van der Waals surface area contributed by atoms with Crippen LogP contribution in [-0.2, 0) is 16.1 Å². The van der Waals surface area contributed by atoms with Gasteiger partial charge in [-0.2, -0.15) is 5.10 Å². The van der Waals surface area contributed by atoms with E-state index in [-0.39, 0.29) is 17.9 Å². The fourth-order valence-electron chi connectivity index (χ4n) is 2.78. The quantitative estimate of drug-likeness (QED) is 0.812. The summed E-state index contributed by atoms with van der Waals surface area (Å²) in [4.78, 5) is 11.7. The Labute approximate surface area is 120 Å². The fraction of sp³-hybridized carbons (Fsp3) is 0.733. The van der Waals surface area contributed by atoms with E-state index in [1.54, 1.807) is 0 Å². The van der Waals surface area contributed by atoms with Crippen molar-refractivity contribution in [1.82, 2.24) is 15.1 Å². The minimum absolute atomic E-state index is 0.194. The van der Waals surface area contributed by atoms with Gasteiger partial charge < -0.3 is 4.74 Å². The molecule has 0 amide bonds. The highest BCUT2D eigenvalue weighted by atomic mass is 16.5. The van der Waals surface area contributed by atoms with Crippen LogP contribution >= 0.6 is 0 Å². The minimum atomic E-state index is -0.281. The van der Waals surface area contributed by atoms with Crippen LogP contribution in [0.15, 0.2) is 12.3 Å². The molecular formula is C15H25N3O2. The number of rotatable bonds is 6. The van der Waals surface area contributed by atoms with Gasteiger partial charge >= 0.3 is 5.97 Å². The molecule has 0 radical (unpaired) electrons. The van der Waals surface area contributed by atoms with E-state index in [2.05, 4.69) is 21.3 Å². The van der Waals surface area contributed by atoms with Gasteiger partial charge in [-0.25, -0.2) is 0 Å². The Hall–Kier alpha value is -1.36. The number of methoxy groups -OCH3 is 1. The highest BCUT2D eigenvalue weighted by Gasteiger charge is 2.23. The van der Waals surface area contributed by atoms with Gasteiger partial charge in [-0.1, -0.05) is 26.7 Å². The molecule has 1 aromatic rings. The van der Waals surface area contributed by atoms with Crippen molar-refractivity contribution in [2.24, 2.45) is 5.92 Å². The number of ether oxygens (including phenoxy) is 1. The Kier molecular flexibility index (Phi) is 5.17. The zero-order valence-electron chi connectivity index (χ0n) is 12.6. The van der Waals surface area contributed by atoms with Gasteiger partial charge in [0.1, 0.15) is 6.04 Å². The second-order valence-electron chi connectivity index (χ2n) is 5.85. The van der Waals surface area contributed by atoms with Gasteiger partial charge in [-0.15, -0.1) is 0 Å². The molecule has 1 fully saturated rings. The molecule has 1 atom stereocenters. The second-order valence-corrected chi connectivity index (χ2v) is 5.85. The Morgan fingerprint density at radius 1 is 1.50 bits per heavy atom. The molecule has 2 rings (SSSR count). The van der Waals surface area contributed by atoms with Crippen molar-refractivity contribution in [2.75, 3.05) is 7.11 Å². The molecule has 1 unspecified atom stereocenters. The molecule has 0 spiro atoms. The first-order valence-corrected chi connectivity index (χ1v) is 7.47. The van der Waals surface area contributed by atoms with Crippen molar-refractivity contribution in [1.29, 1.82) is 0 Å². The molecule has 1 heterocycles. The summed E-state index contributed by atoms with van der Waals surface area (Å²) in [5.74, 6) is -0.0189. The molecular weight excluding hydrogens is 254 g/mol. The molecule has 1 saturated carbocycles. The summed E-state index contributed by atoms with van der Waals surface area (Å²) in [6.45, 7) is 4.61. The van der Waals surface area contributed by atoms with E-state index in [1.165, 1.54) is 32.8 Å². The number of esters is 1. The average Bonchev–Trinajstić information content (AvgIpc) is 3.08. The van der Waals surface area contributed by atoms with Gasteiger partial charge in [0.25, 0.3) is 0 Å².